The van der Waals surface area contributed by atoms with Crippen molar-refractivity contribution in [2.24, 2.45) is 0 Å². The molecule has 4 heteroatoms. The number of benzene rings is 2. The van der Waals surface area contributed by atoms with Crippen LogP contribution in [0.5, 0.6) is 0 Å². The molecule has 3 nitrogen and oxygen atoms in total. The first kappa shape index (κ1) is 14.9. The van der Waals surface area contributed by atoms with Gasteiger partial charge in [-0.05, 0) is 24.0 Å². The zero-order chi connectivity index (χ0) is 14.5. The van der Waals surface area contributed by atoms with E-state index in [2.05, 4.69) is 0 Å². The van der Waals surface area contributed by atoms with Crippen molar-refractivity contribution in [2.75, 3.05) is 11.5 Å². The monoisotopic (exact) mass is 292 g/mol. The highest BCUT2D eigenvalue weighted by atomic mass is 32.3. The summed E-state index contributed by atoms with van der Waals surface area (Å²) in [4.78, 5) is 0. The van der Waals surface area contributed by atoms with Crippen LogP contribution in [-0.2, 0) is 22.5 Å². The third-order valence-corrected chi connectivity index (χ3v) is 5.34. The Labute approximate surface area is 119 Å². The van der Waals surface area contributed by atoms with Crippen molar-refractivity contribution in [1.82, 2.24) is 0 Å². The molecule has 0 saturated carbocycles. The lowest BCUT2D eigenvalue weighted by Crippen LogP contribution is -2.40. The molecule has 0 unspecified atom stereocenters. The van der Waals surface area contributed by atoms with Crippen molar-refractivity contribution >= 4 is 9.63 Å². The number of aryl methyl sites for hydroxylation is 2. The van der Waals surface area contributed by atoms with Crippen LogP contribution in [0, 0.1) is 0 Å². The molecule has 2 N–H and O–H groups in total. The van der Waals surface area contributed by atoms with Crippen molar-refractivity contribution < 1.29 is 13.3 Å². The van der Waals surface area contributed by atoms with Gasteiger partial charge in [0.25, 0.3) is 0 Å². The Bertz CT molecular complexity index is 553. The van der Waals surface area contributed by atoms with Gasteiger partial charge >= 0.3 is 0 Å². The Morgan fingerprint density at radius 2 is 1.05 bits per heavy atom. The van der Waals surface area contributed by atoms with E-state index in [1.165, 1.54) is 0 Å². The summed E-state index contributed by atoms with van der Waals surface area (Å²) < 4.78 is 32.3. The number of rotatable bonds is 6. The van der Waals surface area contributed by atoms with Gasteiger partial charge in [0.1, 0.15) is 0 Å². The summed E-state index contributed by atoms with van der Waals surface area (Å²) in [5.41, 5.74) is 1.91. The molecule has 0 spiro atoms. The topological polar surface area (TPSA) is 57.5 Å². The van der Waals surface area contributed by atoms with E-state index >= 15 is 0 Å². The zero-order valence-electron chi connectivity index (χ0n) is 11.3. The fourth-order valence-electron chi connectivity index (χ4n) is 2.04. The molecule has 0 heterocycles. The molecule has 0 radical (unpaired) electrons. The summed E-state index contributed by atoms with van der Waals surface area (Å²) in [6, 6.07) is 18.9. The van der Waals surface area contributed by atoms with Crippen molar-refractivity contribution in [3.63, 3.8) is 0 Å². The molecule has 0 amide bonds. The van der Waals surface area contributed by atoms with E-state index in [4.69, 9.17) is 0 Å². The summed E-state index contributed by atoms with van der Waals surface area (Å²) in [5, 5.41) is 0. The zero-order valence-corrected chi connectivity index (χ0v) is 12.1. The lowest BCUT2D eigenvalue weighted by Gasteiger charge is -2.30. The molecule has 2 aromatic rings. The molecule has 108 valence electrons. The Balaban J connectivity index is 1.95. The molecule has 2 rings (SSSR count). The van der Waals surface area contributed by atoms with Crippen LogP contribution in [0.4, 0.5) is 0 Å². The Kier molecular flexibility index (Phi) is 4.38. The van der Waals surface area contributed by atoms with Crippen LogP contribution < -0.4 is 0 Å². The maximum absolute atomic E-state index is 12.2. The maximum Gasteiger partial charge on any atom is 0.0832 e. The summed E-state index contributed by atoms with van der Waals surface area (Å²) in [6.07, 6.45) is 0.794. The highest BCUT2D eigenvalue weighted by molar-refractivity contribution is 8.10. The third-order valence-electron chi connectivity index (χ3n) is 3.29. The molecule has 20 heavy (non-hydrogen) atoms. The van der Waals surface area contributed by atoms with Crippen molar-refractivity contribution in [3.8, 4) is 0 Å². The Hall–Kier alpha value is -1.49. The van der Waals surface area contributed by atoms with Crippen LogP contribution in [0.1, 0.15) is 11.1 Å². The van der Waals surface area contributed by atoms with Crippen LogP contribution in [0.25, 0.3) is 0 Å². The molecular weight excluding hydrogens is 272 g/mol. The van der Waals surface area contributed by atoms with Crippen LogP contribution in [0.3, 0.4) is 0 Å². The Morgan fingerprint density at radius 3 is 1.40 bits per heavy atom. The predicted octanol–water partition coefficient (Wildman–Crippen LogP) is 3.24. The van der Waals surface area contributed by atoms with E-state index in [9.17, 15) is 13.3 Å². The number of hydrogen-bond acceptors (Lipinski definition) is 1. The highest BCUT2D eigenvalue weighted by Crippen LogP contribution is 2.20. The first-order valence-electron chi connectivity index (χ1n) is 6.64. The fourth-order valence-corrected chi connectivity index (χ4v) is 3.53. The maximum atomic E-state index is 12.2. The minimum Gasteiger partial charge on any atom is -0.308 e. The first-order chi connectivity index (χ1) is 9.42. The molecule has 0 saturated heterocycles. The number of hydrogen-bond donors (Lipinski definition) is 2. The standard InChI is InChI=1S/C16H20O3S/c17-20(18,19,13-11-15-7-3-1-4-8-15)14-12-16-9-5-2-6-10-16/h1-10H,11-14H2,(H2,17,18,19). The van der Waals surface area contributed by atoms with E-state index < -0.39 is 9.63 Å². The SMILES string of the molecule is O=S(O)(O)(CCc1ccccc1)CCc1ccccc1. The second-order valence-electron chi connectivity index (χ2n) is 5.07. The minimum atomic E-state index is -4.53. The lowest BCUT2D eigenvalue weighted by atomic mass is 10.2. The fraction of sp³-hybridized carbons (Fsp3) is 0.250. The van der Waals surface area contributed by atoms with Gasteiger partial charge in [-0.25, -0.2) is 4.21 Å². The first-order valence-corrected chi connectivity index (χ1v) is 8.86. The van der Waals surface area contributed by atoms with E-state index in [0.29, 0.717) is 12.8 Å². The molecule has 0 atom stereocenters. The molecule has 0 fully saturated rings. The molecule has 0 aromatic heterocycles. The minimum absolute atomic E-state index is 0.117. The smallest absolute Gasteiger partial charge is 0.0832 e. The predicted molar refractivity (Wildman–Crippen MR) is 83.4 cm³/mol. The van der Waals surface area contributed by atoms with Crippen LogP contribution in [0.15, 0.2) is 60.7 Å². The van der Waals surface area contributed by atoms with Gasteiger partial charge in [0.15, 0.2) is 0 Å². The van der Waals surface area contributed by atoms with Crippen LogP contribution in [0.2, 0.25) is 0 Å². The van der Waals surface area contributed by atoms with Crippen LogP contribution >= 0.6 is 0 Å². The molecule has 0 aliphatic rings. The van der Waals surface area contributed by atoms with E-state index in [1.807, 2.05) is 60.7 Å². The quantitative estimate of drug-likeness (QED) is 0.859. The summed E-state index contributed by atoms with van der Waals surface area (Å²) in [5.74, 6) is -0.234. The van der Waals surface area contributed by atoms with Gasteiger partial charge in [-0.15, -0.1) is 0 Å². The van der Waals surface area contributed by atoms with Gasteiger partial charge < -0.3 is 9.11 Å². The average Bonchev–Trinajstić information content (AvgIpc) is 2.46. The average molecular weight is 292 g/mol. The van der Waals surface area contributed by atoms with Gasteiger partial charge in [0, 0.05) is 0 Å². The van der Waals surface area contributed by atoms with Gasteiger partial charge in [-0.3, -0.25) is 0 Å². The van der Waals surface area contributed by atoms with Crippen LogP contribution in [-0.4, -0.2) is 24.8 Å². The van der Waals surface area contributed by atoms with E-state index in [0.717, 1.165) is 11.1 Å². The van der Waals surface area contributed by atoms with Gasteiger partial charge in [-0.1, -0.05) is 60.7 Å². The summed E-state index contributed by atoms with van der Waals surface area (Å²) in [7, 11) is -4.53. The Morgan fingerprint density at radius 1 is 0.700 bits per heavy atom. The van der Waals surface area contributed by atoms with Crippen molar-refractivity contribution in [2.45, 2.75) is 12.8 Å². The lowest BCUT2D eigenvalue weighted by molar-refractivity contribution is 0.389. The largest absolute Gasteiger partial charge is 0.308 e. The molecule has 2 aromatic carbocycles. The van der Waals surface area contributed by atoms with E-state index in [-0.39, 0.29) is 11.5 Å². The van der Waals surface area contributed by atoms with Crippen molar-refractivity contribution in [1.29, 1.82) is 0 Å². The molecule has 0 bridgehead atoms. The third kappa shape index (κ3) is 4.89. The second-order valence-corrected chi connectivity index (χ2v) is 8.26. The van der Waals surface area contributed by atoms with Gasteiger partial charge in [0.2, 0.25) is 0 Å². The second kappa shape index (κ2) is 5.87. The normalized spacial score (nSPS) is 13.6. The van der Waals surface area contributed by atoms with Gasteiger partial charge in [-0.2, -0.15) is 0 Å². The summed E-state index contributed by atoms with van der Waals surface area (Å²) in [6.45, 7) is 0. The summed E-state index contributed by atoms with van der Waals surface area (Å²) >= 11 is 0. The van der Waals surface area contributed by atoms with Crippen molar-refractivity contribution in [3.05, 3.63) is 71.8 Å². The molecule has 0 aliphatic heterocycles. The molecule has 0 aliphatic carbocycles. The highest BCUT2D eigenvalue weighted by Gasteiger charge is 2.29. The molecular formula is C16H20O3S. The van der Waals surface area contributed by atoms with E-state index in [1.54, 1.807) is 0 Å². The van der Waals surface area contributed by atoms with Gasteiger partial charge in [0.05, 0.1) is 21.1 Å².